The number of rotatable bonds is 4. The minimum atomic E-state index is 0.399. The van der Waals surface area contributed by atoms with Gasteiger partial charge < -0.3 is 11.1 Å². The smallest absolute Gasteiger partial charge is 0.0579 e. The van der Waals surface area contributed by atoms with Crippen LogP contribution >= 0.6 is 0 Å². The van der Waals surface area contributed by atoms with Crippen molar-refractivity contribution >= 4 is 0 Å². The monoisotopic (exact) mass is 154 g/mol. The second-order valence-electron chi connectivity index (χ2n) is 2.89. The van der Waals surface area contributed by atoms with Gasteiger partial charge in [-0.25, -0.2) is 0 Å². The second kappa shape index (κ2) is 6.21. The minimum absolute atomic E-state index is 0.399. The van der Waals surface area contributed by atoms with Gasteiger partial charge in [0.05, 0.1) is 6.54 Å². The van der Waals surface area contributed by atoms with E-state index in [1.165, 1.54) is 0 Å². The van der Waals surface area contributed by atoms with E-state index in [9.17, 15) is 0 Å². The van der Waals surface area contributed by atoms with Gasteiger partial charge in [-0.15, -0.1) is 5.92 Å². The Labute approximate surface area is 69.5 Å². The summed E-state index contributed by atoms with van der Waals surface area (Å²) in [6.45, 7) is 7.59. The van der Waals surface area contributed by atoms with Crippen LogP contribution in [0.4, 0.5) is 0 Å². The molecule has 0 aromatic rings. The molecule has 64 valence electrons. The summed E-state index contributed by atoms with van der Waals surface area (Å²) in [5.41, 5.74) is 5.55. The highest BCUT2D eigenvalue weighted by Gasteiger charge is 2.08. The van der Waals surface area contributed by atoms with Gasteiger partial charge in [-0.1, -0.05) is 19.8 Å². The fraction of sp³-hybridized carbons (Fsp3) is 0.778. The van der Waals surface area contributed by atoms with Gasteiger partial charge >= 0.3 is 0 Å². The lowest BCUT2D eigenvalue weighted by molar-refractivity contribution is 0.424. The van der Waals surface area contributed by atoms with Gasteiger partial charge in [0.2, 0.25) is 0 Å². The third-order valence-corrected chi connectivity index (χ3v) is 1.69. The van der Waals surface area contributed by atoms with Crippen LogP contribution in [0.2, 0.25) is 0 Å². The summed E-state index contributed by atoms with van der Waals surface area (Å²) in [6.07, 6.45) is 0. The van der Waals surface area contributed by atoms with Crippen molar-refractivity contribution in [1.29, 1.82) is 0 Å². The highest BCUT2D eigenvalue weighted by molar-refractivity contribution is 4.97. The van der Waals surface area contributed by atoms with Crippen LogP contribution in [-0.2, 0) is 0 Å². The molecule has 1 unspecified atom stereocenters. The van der Waals surface area contributed by atoms with Crippen LogP contribution in [0.5, 0.6) is 0 Å². The summed E-state index contributed by atoms with van der Waals surface area (Å²) < 4.78 is 0. The molecule has 0 radical (unpaired) electrons. The molecule has 3 N–H and O–H groups in total. The zero-order chi connectivity index (χ0) is 8.69. The van der Waals surface area contributed by atoms with Crippen LogP contribution in [0.3, 0.4) is 0 Å². The Balaban J connectivity index is 3.58. The topological polar surface area (TPSA) is 38.0 Å². The van der Waals surface area contributed by atoms with E-state index >= 15 is 0 Å². The Bertz CT molecular complexity index is 141. The Morgan fingerprint density at radius 1 is 1.45 bits per heavy atom. The van der Waals surface area contributed by atoms with Crippen LogP contribution in [0.15, 0.2) is 0 Å². The van der Waals surface area contributed by atoms with E-state index in [0.717, 1.165) is 6.54 Å². The number of hydrogen-bond acceptors (Lipinski definition) is 2. The van der Waals surface area contributed by atoms with Crippen molar-refractivity contribution in [1.82, 2.24) is 5.32 Å². The van der Waals surface area contributed by atoms with E-state index in [1.807, 2.05) is 6.92 Å². The fourth-order valence-corrected chi connectivity index (χ4v) is 0.862. The second-order valence-corrected chi connectivity index (χ2v) is 2.89. The van der Waals surface area contributed by atoms with E-state index in [4.69, 9.17) is 5.73 Å². The van der Waals surface area contributed by atoms with Crippen molar-refractivity contribution in [2.24, 2.45) is 11.7 Å². The van der Waals surface area contributed by atoms with Crippen LogP contribution in [0, 0.1) is 17.8 Å². The van der Waals surface area contributed by atoms with Crippen molar-refractivity contribution in [3.63, 3.8) is 0 Å². The summed E-state index contributed by atoms with van der Waals surface area (Å²) in [5, 5.41) is 3.27. The Morgan fingerprint density at radius 2 is 2.09 bits per heavy atom. The van der Waals surface area contributed by atoms with E-state index in [0.29, 0.717) is 18.5 Å². The van der Waals surface area contributed by atoms with Crippen molar-refractivity contribution < 1.29 is 0 Å². The average molecular weight is 154 g/mol. The molecule has 0 fully saturated rings. The first-order chi connectivity index (χ1) is 5.22. The Hall–Kier alpha value is -0.520. The van der Waals surface area contributed by atoms with Crippen LogP contribution in [-0.4, -0.2) is 19.1 Å². The maximum atomic E-state index is 5.55. The average Bonchev–Trinajstić information content (AvgIpc) is 1.97. The number of hydrogen-bond donors (Lipinski definition) is 2. The first-order valence-electron chi connectivity index (χ1n) is 4.05. The van der Waals surface area contributed by atoms with E-state index in [-0.39, 0.29) is 0 Å². The molecule has 1 atom stereocenters. The third-order valence-electron chi connectivity index (χ3n) is 1.69. The standard InChI is InChI=1S/C9H18N2/c1-4-5-6-11-9(7-10)8(2)3/h8-9,11H,6-7,10H2,1-3H3. The largest absolute Gasteiger partial charge is 0.329 e. The lowest BCUT2D eigenvalue weighted by atomic mass is 10.1. The highest BCUT2D eigenvalue weighted by atomic mass is 14.9. The molecule has 0 saturated heterocycles. The lowest BCUT2D eigenvalue weighted by Gasteiger charge is -2.18. The normalized spacial score (nSPS) is 12.5. The molecule has 0 aliphatic rings. The van der Waals surface area contributed by atoms with E-state index < -0.39 is 0 Å². The predicted octanol–water partition coefficient (Wildman–Crippen LogP) is 0.583. The van der Waals surface area contributed by atoms with E-state index in [2.05, 4.69) is 31.0 Å². The fourth-order valence-electron chi connectivity index (χ4n) is 0.862. The molecule has 0 heterocycles. The predicted molar refractivity (Wildman–Crippen MR) is 49.1 cm³/mol. The maximum Gasteiger partial charge on any atom is 0.0579 e. The SMILES string of the molecule is CC#CCNC(CN)C(C)C. The van der Waals surface area contributed by atoms with Gasteiger partial charge in [0, 0.05) is 12.6 Å². The molecule has 0 amide bonds. The molecule has 0 rings (SSSR count). The van der Waals surface area contributed by atoms with Crippen molar-refractivity contribution in [2.75, 3.05) is 13.1 Å². The molecular weight excluding hydrogens is 136 g/mol. The Morgan fingerprint density at radius 3 is 2.45 bits per heavy atom. The molecule has 2 nitrogen and oxygen atoms in total. The molecule has 0 aromatic carbocycles. The van der Waals surface area contributed by atoms with Crippen molar-refractivity contribution in [3.8, 4) is 11.8 Å². The molecule has 0 saturated carbocycles. The molecule has 11 heavy (non-hydrogen) atoms. The molecule has 0 bridgehead atoms. The summed E-state index contributed by atoms with van der Waals surface area (Å²) in [7, 11) is 0. The summed E-state index contributed by atoms with van der Waals surface area (Å²) in [5.74, 6) is 6.37. The Kier molecular flexibility index (Phi) is 5.91. The molecule has 0 aromatic heterocycles. The van der Waals surface area contributed by atoms with Crippen molar-refractivity contribution in [2.45, 2.75) is 26.8 Å². The van der Waals surface area contributed by atoms with Gasteiger partial charge in [-0.2, -0.15) is 0 Å². The molecule has 2 heteroatoms. The summed E-state index contributed by atoms with van der Waals surface area (Å²) in [4.78, 5) is 0. The van der Waals surface area contributed by atoms with Gasteiger partial charge in [0.25, 0.3) is 0 Å². The van der Waals surface area contributed by atoms with Gasteiger partial charge in [-0.05, 0) is 12.8 Å². The van der Waals surface area contributed by atoms with E-state index in [1.54, 1.807) is 0 Å². The van der Waals surface area contributed by atoms with Crippen LogP contribution in [0.25, 0.3) is 0 Å². The molecule has 0 aliphatic carbocycles. The third kappa shape index (κ3) is 4.83. The first-order valence-corrected chi connectivity index (χ1v) is 4.05. The van der Waals surface area contributed by atoms with Gasteiger partial charge in [0.1, 0.15) is 0 Å². The summed E-state index contributed by atoms with van der Waals surface area (Å²) in [6, 6.07) is 0.399. The molecule has 0 spiro atoms. The number of nitrogens with one attached hydrogen (secondary N) is 1. The first kappa shape index (κ1) is 10.5. The zero-order valence-electron chi connectivity index (χ0n) is 7.65. The molecular formula is C9H18N2. The molecule has 0 aliphatic heterocycles. The maximum absolute atomic E-state index is 5.55. The van der Waals surface area contributed by atoms with Crippen molar-refractivity contribution in [3.05, 3.63) is 0 Å². The summed E-state index contributed by atoms with van der Waals surface area (Å²) >= 11 is 0. The minimum Gasteiger partial charge on any atom is -0.329 e. The lowest BCUT2D eigenvalue weighted by Crippen LogP contribution is -2.40. The number of nitrogens with two attached hydrogens (primary N) is 1. The van der Waals surface area contributed by atoms with Gasteiger partial charge in [-0.3, -0.25) is 0 Å². The quantitative estimate of drug-likeness (QED) is 0.581. The zero-order valence-corrected chi connectivity index (χ0v) is 7.65. The van der Waals surface area contributed by atoms with Crippen LogP contribution < -0.4 is 11.1 Å². The van der Waals surface area contributed by atoms with Gasteiger partial charge in [0.15, 0.2) is 0 Å². The van der Waals surface area contributed by atoms with Crippen LogP contribution in [0.1, 0.15) is 20.8 Å². The highest BCUT2D eigenvalue weighted by Crippen LogP contribution is 1.97.